The van der Waals surface area contributed by atoms with Crippen molar-refractivity contribution in [1.82, 2.24) is 0 Å². The van der Waals surface area contributed by atoms with E-state index in [9.17, 15) is 5.26 Å². The minimum absolute atomic E-state index is 0.662. The van der Waals surface area contributed by atoms with Crippen LogP contribution in [-0.2, 0) is 6.42 Å². The smallest absolute Gasteiger partial charge is 0.109 e. The molecule has 105 valence electrons. The van der Waals surface area contributed by atoms with E-state index in [0.717, 1.165) is 17.0 Å². The van der Waals surface area contributed by atoms with Crippen LogP contribution in [0.4, 0.5) is 0 Å². The van der Waals surface area contributed by atoms with E-state index in [1.54, 1.807) is 0 Å². The third kappa shape index (κ3) is 3.24. The largest absolute Gasteiger partial charge is 0.197 e. The highest BCUT2D eigenvalue weighted by Gasteiger charge is 2.12. The van der Waals surface area contributed by atoms with Crippen LogP contribution in [0.15, 0.2) is 84.9 Å². The van der Waals surface area contributed by atoms with Crippen molar-refractivity contribution < 1.29 is 0 Å². The molecule has 0 aromatic heterocycles. The molecule has 1 radical (unpaired) electrons. The van der Waals surface area contributed by atoms with E-state index in [0.29, 0.717) is 6.42 Å². The van der Waals surface area contributed by atoms with Gasteiger partial charge in [0.25, 0.3) is 0 Å². The topological polar surface area (TPSA) is 23.8 Å². The predicted octanol–water partition coefficient (Wildman–Crippen LogP) is 5.04. The van der Waals surface area contributed by atoms with Gasteiger partial charge in [-0.15, -0.1) is 0 Å². The first-order valence-corrected chi connectivity index (χ1v) is 7.32. The quantitative estimate of drug-likeness (QED) is 0.657. The van der Waals surface area contributed by atoms with Crippen LogP contribution in [0.1, 0.15) is 11.1 Å². The average molecular weight is 282 g/mol. The zero-order valence-electron chi connectivity index (χ0n) is 12.2. The van der Waals surface area contributed by atoms with Crippen LogP contribution >= 0.6 is 0 Å². The molecule has 1 nitrogen and oxygen atoms in total. The normalized spacial score (nSPS) is 10.4. The molecule has 0 fully saturated rings. The molecule has 1 heteroatoms. The first-order chi connectivity index (χ1) is 10.9. The molecule has 0 saturated heterocycles. The molecule has 22 heavy (non-hydrogen) atoms. The molecule has 0 heterocycles. The SMILES string of the molecule is N#C[C](Cc1ccc(-c2ccccc2)cc1)c1ccccc1. The molecule has 0 aliphatic carbocycles. The maximum Gasteiger partial charge on any atom is 0.109 e. The van der Waals surface area contributed by atoms with E-state index in [-0.39, 0.29) is 0 Å². The van der Waals surface area contributed by atoms with Crippen molar-refractivity contribution in [2.45, 2.75) is 6.42 Å². The van der Waals surface area contributed by atoms with Gasteiger partial charge in [-0.1, -0.05) is 84.9 Å². The van der Waals surface area contributed by atoms with Gasteiger partial charge in [0.15, 0.2) is 0 Å². The van der Waals surface area contributed by atoms with Crippen LogP contribution < -0.4 is 0 Å². The molecular formula is C21H16N. The highest BCUT2D eigenvalue weighted by Crippen LogP contribution is 2.23. The summed E-state index contributed by atoms with van der Waals surface area (Å²) in [6, 6.07) is 30.9. The molecule has 0 N–H and O–H groups in total. The van der Waals surface area contributed by atoms with Crippen LogP contribution in [0.2, 0.25) is 0 Å². The summed E-state index contributed by atoms with van der Waals surface area (Å²) >= 11 is 0. The summed E-state index contributed by atoms with van der Waals surface area (Å²) < 4.78 is 0. The molecule has 0 aliphatic rings. The van der Waals surface area contributed by atoms with E-state index >= 15 is 0 Å². The monoisotopic (exact) mass is 282 g/mol. The summed E-state index contributed by atoms with van der Waals surface area (Å²) in [6.45, 7) is 0. The van der Waals surface area contributed by atoms with E-state index in [1.807, 2.05) is 48.5 Å². The Bertz CT molecular complexity index is 753. The molecule has 3 aromatic rings. The predicted molar refractivity (Wildman–Crippen MR) is 90.0 cm³/mol. The van der Waals surface area contributed by atoms with Crippen LogP contribution in [0.5, 0.6) is 0 Å². The molecular weight excluding hydrogens is 266 g/mol. The van der Waals surface area contributed by atoms with Gasteiger partial charge < -0.3 is 0 Å². The van der Waals surface area contributed by atoms with Gasteiger partial charge in [-0.3, -0.25) is 0 Å². The Kier molecular flexibility index (Phi) is 4.32. The number of hydrogen-bond acceptors (Lipinski definition) is 1. The number of rotatable bonds is 4. The zero-order chi connectivity index (χ0) is 15.2. The van der Waals surface area contributed by atoms with Gasteiger partial charge in [-0.2, -0.15) is 5.26 Å². The second kappa shape index (κ2) is 6.74. The molecule has 0 atom stereocenters. The lowest BCUT2D eigenvalue weighted by Crippen LogP contribution is -2.01. The van der Waals surface area contributed by atoms with Gasteiger partial charge in [0, 0.05) is 0 Å². The molecule has 3 aromatic carbocycles. The second-order valence-electron chi connectivity index (χ2n) is 5.20. The van der Waals surface area contributed by atoms with Gasteiger partial charge >= 0.3 is 0 Å². The Morgan fingerprint density at radius 2 is 1.23 bits per heavy atom. The van der Waals surface area contributed by atoms with Gasteiger partial charge in [-0.05, 0) is 28.7 Å². The van der Waals surface area contributed by atoms with Crippen LogP contribution in [0, 0.1) is 17.2 Å². The van der Waals surface area contributed by atoms with Gasteiger partial charge in [0.1, 0.15) is 5.92 Å². The summed E-state index contributed by atoms with van der Waals surface area (Å²) in [4.78, 5) is 0. The fourth-order valence-electron chi connectivity index (χ4n) is 2.50. The second-order valence-corrected chi connectivity index (χ2v) is 5.20. The first-order valence-electron chi connectivity index (χ1n) is 7.32. The Morgan fingerprint density at radius 1 is 0.682 bits per heavy atom. The van der Waals surface area contributed by atoms with Crippen molar-refractivity contribution >= 4 is 0 Å². The van der Waals surface area contributed by atoms with Crippen molar-refractivity contribution in [1.29, 1.82) is 5.26 Å². The Morgan fingerprint density at radius 3 is 1.82 bits per heavy atom. The van der Waals surface area contributed by atoms with E-state index in [4.69, 9.17) is 0 Å². The summed E-state index contributed by atoms with van der Waals surface area (Å²) in [6.07, 6.45) is 0.662. The van der Waals surface area contributed by atoms with Crippen molar-refractivity contribution in [3.05, 3.63) is 102 Å². The third-order valence-electron chi connectivity index (χ3n) is 3.70. The minimum atomic E-state index is 0.662. The van der Waals surface area contributed by atoms with Crippen molar-refractivity contribution in [3.63, 3.8) is 0 Å². The Balaban J connectivity index is 1.78. The highest BCUT2D eigenvalue weighted by molar-refractivity contribution is 5.63. The summed E-state index contributed by atoms with van der Waals surface area (Å²) in [7, 11) is 0. The van der Waals surface area contributed by atoms with E-state index in [2.05, 4.69) is 42.5 Å². The van der Waals surface area contributed by atoms with Gasteiger partial charge in [0.2, 0.25) is 0 Å². The van der Waals surface area contributed by atoms with Crippen LogP contribution in [-0.4, -0.2) is 0 Å². The van der Waals surface area contributed by atoms with Crippen molar-refractivity contribution in [3.8, 4) is 17.2 Å². The first kappa shape index (κ1) is 14.1. The summed E-state index contributed by atoms with van der Waals surface area (Å²) in [5.41, 5.74) is 4.56. The number of nitriles is 1. The lowest BCUT2D eigenvalue weighted by atomic mass is 9.92. The fourth-order valence-corrected chi connectivity index (χ4v) is 2.50. The molecule has 0 spiro atoms. The molecule has 0 amide bonds. The minimum Gasteiger partial charge on any atom is -0.197 e. The Hall–Kier alpha value is -2.85. The van der Waals surface area contributed by atoms with Gasteiger partial charge in [-0.25, -0.2) is 0 Å². The van der Waals surface area contributed by atoms with E-state index < -0.39 is 0 Å². The van der Waals surface area contributed by atoms with Crippen LogP contribution in [0.3, 0.4) is 0 Å². The lowest BCUT2D eigenvalue weighted by Gasteiger charge is -2.09. The molecule has 0 bridgehead atoms. The fraction of sp³-hybridized carbons (Fsp3) is 0.0476. The zero-order valence-corrected chi connectivity index (χ0v) is 12.2. The van der Waals surface area contributed by atoms with Gasteiger partial charge in [0.05, 0.1) is 6.07 Å². The standard InChI is InChI=1S/C21H16N/c22-16-21(19-9-5-2-6-10-19)15-17-11-13-20(14-12-17)18-7-3-1-4-8-18/h1-14H,15H2. The average Bonchev–Trinajstić information content (AvgIpc) is 2.62. The number of benzene rings is 3. The summed E-state index contributed by atoms with van der Waals surface area (Å²) in [5.74, 6) is 0.799. The molecule has 3 rings (SSSR count). The lowest BCUT2D eigenvalue weighted by molar-refractivity contribution is 1.06. The van der Waals surface area contributed by atoms with Crippen LogP contribution in [0.25, 0.3) is 11.1 Å². The highest BCUT2D eigenvalue weighted by atomic mass is 14.3. The molecule has 0 saturated carbocycles. The Labute approximate surface area is 131 Å². The van der Waals surface area contributed by atoms with Crippen molar-refractivity contribution in [2.75, 3.05) is 0 Å². The number of hydrogen-bond donors (Lipinski definition) is 0. The summed E-state index contributed by atoms with van der Waals surface area (Å²) in [5, 5.41) is 9.39. The van der Waals surface area contributed by atoms with Crippen molar-refractivity contribution in [2.24, 2.45) is 0 Å². The third-order valence-corrected chi connectivity index (χ3v) is 3.70. The number of nitrogens with zero attached hydrogens (tertiary/aromatic N) is 1. The molecule has 0 unspecified atom stereocenters. The molecule has 0 aliphatic heterocycles. The maximum absolute atomic E-state index is 9.39. The van der Waals surface area contributed by atoms with E-state index in [1.165, 1.54) is 11.1 Å². The maximum atomic E-state index is 9.39.